The molecule has 2 heterocycles. The van der Waals surface area contributed by atoms with Crippen molar-refractivity contribution >= 4 is 22.7 Å². The maximum atomic E-state index is 13.9. The summed E-state index contributed by atoms with van der Waals surface area (Å²) in [4.78, 5) is 29.0. The molecular weight excluding hydrogens is 474 g/mol. The summed E-state index contributed by atoms with van der Waals surface area (Å²) < 4.78 is 7.80. The summed E-state index contributed by atoms with van der Waals surface area (Å²) in [6.45, 7) is 6.89. The first kappa shape index (κ1) is 25.7. The summed E-state index contributed by atoms with van der Waals surface area (Å²) in [7, 11) is 2.07. The minimum atomic E-state index is -0.659. The largest absolute Gasteiger partial charge is 0.379 e. The van der Waals surface area contributed by atoms with Crippen LogP contribution in [-0.4, -0.2) is 46.6 Å². The molecule has 0 aliphatic carbocycles. The van der Waals surface area contributed by atoms with Crippen LogP contribution in [0.5, 0.6) is 0 Å². The first-order valence-corrected chi connectivity index (χ1v) is 13.3. The second kappa shape index (κ2) is 10.8. The van der Waals surface area contributed by atoms with Crippen LogP contribution in [0.15, 0.2) is 78.9 Å². The van der Waals surface area contributed by atoms with Gasteiger partial charge in [-0.2, -0.15) is 0 Å². The Balaban J connectivity index is 1.59. The number of para-hydroxylation sites is 1. The Morgan fingerprint density at radius 2 is 1.63 bits per heavy atom. The molecule has 0 saturated carbocycles. The van der Waals surface area contributed by atoms with Gasteiger partial charge in [-0.3, -0.25) is 9.59 Å². The number of rotatable bonds is 9. The highest BCUT2D eigenvalue weighted by Gasteiger charge is 2.44. The Kier molecular flexibility index (Phi) is 7.34. The van der Waals surface area contributed by atoms with E-state index in [4.69, 9.17) is 4.74 Å². The zero-order valence-electron chi connectivity index (χ0n) is 22.5. The predicted molar refractivity (Wildman–Crippen MR) is 151 cm³/mol. The molecule has 4 aromatic rings. The fraction of sp³-hybridized carbons (Fsp3) is 0.312. The van der Waals surface area contributed by atoms with E-state index in [1.54, 1.807) is 4.90 Å². The van der Waals surface area contributed by atoms with Crippen LogP contribution in [-0.2, 0) is 16.6 Å². The second-order valence-corrected chi connectivity index (χ2v) is 10.1. The normalized spacial score (nSPS) is 15.8. The number of ether oxygens (including phenoxy) is 1. The summed E-state index contributed by atoms with van der Waals surface area (Å²) in [5.74, 6) is -0.287. The van der Waals surface area contributed by atoms with Crippen molar-refractivity contribution in [2.75, 3.05) is 13.2 Å². The number of nitrogens with one attached hydrogen (secondary N) is 1. The van der Waals surface area contributed by atoms with Crippen LogP contribution in [0.3, 0.4) is 0 Å². The van der Waals surface area contributed by atoms with E-state index in [0.717, 1.165) is 39.7 Å². The zero-order valence-corrected chi connectivity index (χ0v) is 22.5. The van der Waals surface area contributed by atoms with Crippen molar-refractivity contribution in [3.63, 3.8) is 0 Å². The Morgan fingerprint density at radius 1 is 0.947 bits per heavy atom. The SMILES string of the molecule is CC(C)OCCCNC(=O)C(C)N1C(=O)c2ccccc2C1c1c(-c2ccccc2)n(C)c2ccccc12. The third-order valence-corrected chi connectivity index (χ3v) is 7.33. The van der Waals surface area contributed by atoms with Crippen molar-refractivity contribution in [1.82, 2.24) is 14.8 Å². The molecule has 1 aliphatic rings. The fourth-order valence-electron chi connectivity index (χ4n) is 5.55. The number of hydrogen-bond donors (Lipinski definition) is 1. The molecule has 38 heavy (non-hydrogen) atoms. The van der Waals surface area contributed by atoms with Crippen LogP contribution < -0.4 is 5.32 Å². The molecule has 1 aliphatic heterocycles. The lowest BCUT2D eigenvalue weighted by Crippen LogP contribution is -2.47. The van der Waals surface area contributed by atoms with Crippen LogP contribution in [0.2, 0.25) is 0 Å². The van der Waals surface area contributed by atoms with E-state index < -0.39 is 12.1 Å². The van der Waals surface area contributed by atoms with Crippen molar-refractivity contribution in [3.8, 4) is 11.3 Å². The minimum Gasteiger partial charge on any atom is -0.379 e. The molecule has 6 heteroatoms. The number of carbonyl (C=O) groups is 2. The molecule has 2 atom stereocenters. The summed E-state index contributed by atoms with van der Waals surface area (Å²) >= 11 is 0. The molecule has 0 spiro atoms. The van der Waals surface area contributed by atoms with Crippen molar-refractivity contribution in [2.24, 2.45) is 7.05 Å². The van der Waals surface area contributed by atoms with Crippen LogP contribution >= 0.6 is 0 Å². The number of amides is 2. The molecule has 2 unspecified atom stereocenters. The van der Waals surface area contributed by atoms with Gasteiger partial charge >= 0.3 is 0 Å². The molecular formula is C32H35N3O3. The van der Waals surface area contributed by atoms with Crippen LogP contribution in [0, 0.1) is 0 Å². The van der Waals surface area contributed by atoms with E-state index in [-0.39, 0.29) is 17.9 Å². The van der Waals surface area contributed by atoms with Crippen LogP contribution in [0.1, 0.15) is 54.7 Å². The number of hydrogen-bond acceptors (Lipinski definition) is 3. The smallest absolute Gasteiger partial charge is 0.255 e. The average molecular weight is 510 g/mol. The number of benzene rings is 3. The fourth-order valence-corrected chi connectivity index (χ4v) is 5.55. The van der Waals surface area contributed by atoms with Gasteiger partial charge in [0.1, 0.15) is 6.04 Å². The van der Waals surface area contributed by atoms with Crippen LogP contribution in [0.25, 0.3) is 22.2 Å². The second-order valence-electron chi connectivity index (χ2n) is 10.1. The monoisotopic (exact) mass is 509 g/mol. The third kappa shape index (κ3) is 4.61. The molecule has 3 aromatic carbocycles. The molecule has 196 valence electrons. The molecule has 1 aromatic heterocycles. The van der Waals surface area contributed by atoms with E-state index in [1.807, 2.05) is 75.4 Å². The van der Waals surface area contributed by atoms with Crippen LogP contribution in [0.4, 0.5) is 0 Å². The molecule has 0 bridgehead atoms. The lowest BCUT2D eigenvalue weighted by atomic mass is 9.92. The molecule has 6 nitrogen and oxygen atoms in total. The maximum Gasteiger partial charge on any atom is 0.255 e. The van der Waals surface area contributed by atoms with Gasteiger partial charge in [0.25, 0.3) is 5.91 Å². The van der Waals surface area contributed by atoms with Gasteiger partial charge in [0.15, 0.2) is 0 Å². The summed E-state index contributed by atoms with van der Waals surface area (Å²) in [5, 5.41) is 4.10. The number of aromatic nitrogens is 1. The topological polar surface area (TPSA) is 63.6 Å². The van der Waals surface area contributed by atoms with Gasteiger partial charge in [-0.05, 0) is 50.5 Å². The minimum absolute atomic E-state index is 0.122. The summed E-state index contributed by atoms with van der Waals surface area (Å²) in [6, 6.07) is 25.2. The highest BCUT2D eigenvalue weighted by molar-refractivity contribution is 6.04. The molecule has 0 saturated heterocycles. The number of nitrogens with zero attached hydrogens (tertiary/aromatic N) is 2. The Hall–Kier alpha value is -3.90. The van der Waals surface area contributed by atoms with Gasteiger partial charge in [0, 0.05) is 42.2 Å². The number of aryl methyl sites for hydroxylation is 1. The predicted octanol–water partition coefficient (Wildman–Crippen LogP) is 5.71. The molecule has 5 rings (SSSR count). The van der Waals surface area contributed by atoms with Crippen molar-refractivity contribution in [2.45, 2.75) is 45.4 Å². The molecule has 0 radical (unpaired) electrons. The standard InChI is InChI=1S/C32H35N3O3/c1-21(2)38-20-12-19-33-31(36)22(3)35-30(24-15-8-9-16-25(24)32(35)37)28-26-17-10-11-18-27(26)34(4)29(28)23-13-6-5-7-14-23/h5-11,13-18,21-22,30H,12,19-20H2,1-4H3,(H,33,36). The number of carbonyl (C=O) groups excluding carboxylic acids is 2. The molecule has 0 fully saturated rings. The summed E-state index contributed by atoms with van der Waals surface area (Å²) in [5.41, 5.74) is 5.81. The van der Waals surface area contributed by atoms with Crippen molar-refractivity contribution < 1.29 is 14.3 Å². The van der Waals surface area contributed by atoms with E-state index in [2.05, 4.69) is 41.2 Å². The first-order chi connectivity index (χ1) is 18.4. The molecule has 1 N–H and O–H groups in total. The van der Waals surface area contributed by atoms with E-state index >= 15 is 0 Å². The first-order valence-electron chi connectivity index (χ1n) is 13.3. The highest BCUT2D eigenvalue weighted by atomic mass is 16.5. The lowest BCUT2D eigenvalue weighted by Gasteiger charge is -2.31. The van der Waals surface area contributed by atoms with Gasteiger partial charge in [-0.1, -0.05) is 66.7 Å². The zero-order chi connectivity index (χ0) is 26.8. The number of fused-ring (bicyclic) bond motifs is 2. The molecule has 2 amide bonds. The quantitative estimate of drug-likeness (QED) is 0.294. The van der Waals surface area contributed by atoms with E-state index in [0.29, 0.717) is 18.7 Å². The maximum absolute atomic E-state index is 13.9. The van der Waals surface area contributed by atoms with Gasteiger partial charge in [-0.15, -0.1) is 0 Å². The third-order valence-electron chi connectivity index (χ3n) is 7.33. The lowest BCUT2D eigenvalue weighted by molar-refractivity contribution is -0.125. The Morgan fingerprint density at radius 3 is 2.39 bits per heavy atom. The van der Waals surface area contributed by atoms with Crippen molar-refractivity contribution in [1.29, 1.82) is 0 Å². The Bertz CT molecular complexity index is 1460. The van der Waals surface area contributed by atoms with Gasteiger partial charge < -0.3 is 19.5 Å². The van der Waals surface area contributed by atoms with Gasteiger partial charge in [-0.25, -0.2) is 0 Å². The van der Waals surface area contributed by atoms with Gasteiger partial charge in [0.2, 0.25) is 5.91 Å². The summed E-state index contributed by atoms with van der Waals surface area (Å²) in [6.07, 6.45) is 0.876. The van der Waals surface area contributed by atoms with Gasteiger partial charge in [0.05, 0.1) is 17.8 Å². The average Bonchev–Trinajstić information content (AvgIpc) is 3.39. The van der Waals surface area contributed by atoms with Crippen molar-refractivity contribution in [3.05, 3.63) is 95.6 Å². The Labute approximate surface area is 224 Å². The van der Waals surface area contributed by atoms with E-state index in [9.17, 15) is 9.59 Å². The van der Waals surface area contributed by atoms with E-state index in [1.165, 1.54) is 0 Å². The highest BCUT2D eigenvalue weighted by Crippen LogP contribution is 2.47.